The maximum atomic E-state index is 11.2. The number of phenolic OH excluding ortho intramolecular Hbond substituents is 6. The summed E-state index contributed by atoms with van der Waals surface area (Å²) < 4.78 is 0. The maximum absolute atomic E-state index is 11.2. The van der Waals surface area contributed by atoms with Gasteiger partial charge in [-0.3, -0.25) is 0 Å². The molecule has 222 valence electrons. The van der Waals surface area contributed by atoms with Gasteiger partial charge in [-0.25, -0.2) is 0 Å². The van der Waals surface area contributed by atoms with Crippen LogP contribution in [0.1, 0.15) is 0 Å². The van der Waals surface area contributed by atoms with Crippen LogP contribution >= 0.6 is 0 Å². The molecule has 13 aromatic rings. The van der Waals surface area contributed by atoms with Crippen LogP contribution in [0.5, 0.6) is 34.5 Å². The normalized spacial score (nSPS) is 13.5. The third kappa shape index (κ3) is 2.22. The van der Waals surface area contributed by atoms with Crippen LogP contribution in [0.15, 0.2) is 72.8 Å². The largest absolute Gasteiger partial charge is 0.508 e. The highest BCUT2D eigenvalue weighted by Gasteiger charge is 2.32. The summed E-state index contributed by atoms with van der Waals surface area (Å²) in [6.07, 6.45) is 0. The molecule has 13 aromatic carbocycles. The Bertz CT molecular complexity index is 2800. The first kappa shape index (κ1) is 23.6. The Morgan fingerprint density at radius 3 is 0.375 bits per heavy atom. The van der Waals surface area contributed by atoms with E-state index in [2.05, 4.69) is 0 Å². The average Bonchev–Trinajstić information content (AvgIpc) is 3.05. The average molecular weight is 619 g/mol. The van der Waals surface area contributed by atoms with Crippen molar-refractivity contribution in [2.45, 2.75) is 0 Å². The van der Waals surface area contributed by atoms with E-state index in [1.807, 2.05) is 0 Å². The van der Waals surface area contributed by atoms with Gasteiger partial charge in [0.25, 0.3) is 0 Å². The van der Waals surface area contributed by atoms with E-state index < -0.39 is 0 Å². The molecule has 0 amide bonds. The van der Waals surface area contributed by atoms with Gasteiger partial charge in [-0.05, 0) is 202 Å². The molecule has 0 atom stereocenters. The van der Waals surface area contributed by atoms with Crippen LogP contribution in [-0.4, -0.2) is 30.6 Å². The van der Waals surface area contributed by atoms with Crippen molar-refractivity contribution in [1.82, 2.24) is 0 Å². The number of hydrogen-bond acceptors (Lipinski definition) is 6. The second-order valence-electron chi connectivity index (χ2n) is 13.7. The van der Waals surface area contributed by atoms with E-state index >= 15 is 0 Å². The first-order valence-corrected chi connectivity index (χ1v) is 15.8. The Labute approximate surface area is 266 Å². The highest BCUT2D eigenvalue weighted by atomic mass is 16.3. The zero-order valence-corrected chi connectivity index (χ0v) is 24.6. The molecule has 0 bridgehead atoms. The molecule has 0 aromatic heterocycles. The van der Waals surface area contributed by atoms with Gasteiger partial charge in [0.15, 0.2) is 0 Å². The molecule has 0 aliphatic rings. The molecule has 0 fully saturated rings. The minimum atomic E-state index is 0.0646. The molecular formula is C42H18O6. The minimum absolute atomic E-state index is 0.0646. The fourth-order valence-electron chi connectivity index (χ4n) is 10.2. The number of hydrogen-bond donors (Lipinski definition) is 6. The lowest BCUT2D eigenvalue weighted by molar-refractivity contribution is 0.475. The van der Waals surface area contributed by atoms with Crippen molar-refractivity contribution in [3.8, 4) is 34.5 Å². The van der Waals surface area contributed by atoms with E-state index in [1.54, 1.807) is 72.8 Å². The number of rotatable bonds is 0. The van der Waals surface area contributed by atoms with Crippen molar-refractivity contribution < 1.29 is 30.6 Å². The van der Waals surface area contributed by atoms with Crippen LogP contribution in [-0.2, 0) is 0 Å². The Kier molecular flexibility index (Phi) is 3.38. The lowest BCUT2D eigenvalue weighted by Crippen LogP contribution is -2.00. The Balaban J connectivity index is 1.61. The first-order chi connectivity index (χ1) is 23.3. The summed E-state index contributed by atoms with van der Waals surface area (Å²) in [6, 6.07) is 21.0. The Morgan fingerprint density at radius 2 is 0.271 bits per heavy atom. The summed E-state index contributed by atoms with van der Waals surface area (Å²) in [6.45, 7) is 0. The molecule has 0 saturated carbocycles. The number of aromatic hydroxyl groups is 6. The van der Waals surface area contributed by atoms with Gasteiger partial charge in [-0.15, -0.1) is 0 Å². The minimum Gasteiger partial charge on any atom is -0.508 e. The smallest absolute Gasteiger partial charge is 0.116 e. The molecule has 0 spiro atoms. The monoisotopic (exact) mass is 618 g/mol. The van der Waals surface area contributed by atoms with E-state index in [4.69, 9.17) is 0 Å². The summed E-state index contributed by atoms with van der Waals surface area (Å²) in [5.41, 5.74) is 0. The van der Waals surface area contributed by atoms with Gasteiger partial charge < -0.3 is 30.6 Å². The molecule has 13 rings (SSSR count). The summed E-state index contributed by atoms with van der Waals surface area (Å²) in [4.78, 5) is 0. The molecule has 48 heavy (non-hydrogen) atoms. The predicted octanol–water partition coefficient (Wildman–Crippen LogP) is 10.4. The zero-order chi connectivity index (χ0) is 31.8. The second kappa shape index (κ2) is 6.87. The maximum Gasteiger partial charge on any atom is 0.116 e. The summed E-state index contributed by atoms with van der Waals surface area (Å²) in [5.74, 6) is 0.388. The van der Waals surface area contributed by atoms with Crippen molar-refractivity contribution in [2.75, 3.05) is 0 Å². The molecule has 6 nitrogen and oxygen atoms in total. The highest BCUT2D eigenvalue weighted by Crippen LogP contribution is 2.61. The highest BCUT2D eigenvalue weighted by molar-refractivity contribution is 6.61. The lowest BCUT2D eigenvalue weighted by atomic mass is 9.73. The molecule has 6 N–H and O–H groups in total. The van der Waals surface area contributed by atoms with Crippen LogP contribution in [0, 0.1) is 0 Å². The van der Waals surface area contributed by atoms with Gasteiger partial charge in [-0.1, -0.05) is 0 Å². The van der Waals surface area contributed by atoms with Crippen LogP contribution in [0.25, 0.3) is 129 Å². The van der Waals surface area contributed by atoms with Gasteiger partial charge in [-0.2, -0.15) is 0 Å². The Morgan fingerprint density at radius 1 is 0.167 bits per heavy atom. The number of phenols is 6. The van der Waals surface area contributed by atoms with Crippen molar-refractivity contribution in [3.05, 3.63) is 72.8 Å². The van der Waals surface area contributed by atoms with Gasteiger partial charge >= 0.3 is 0 Å². The van der Waals surface area contributed by atoms with E-state index in [9.17, 15) is 30.6 Å². The molecule has 6 heteroatoms. The molecule has 0 radical (unpaired) electrons. The number of fused-ring (bicyclic) bond motifs is 6. The molecule has 0 aliphatic carbocycles. The quantitative estimate of drug-likeness (QED) is 0.0743. The van der Waals surface area contributed by atoms with Gasteiger partial charge in [0.1, 0.15) is 34.5 Å². The van der Waals surface area contributed by atoms with Crippen molar-refractivity contribution in [3.63, 3.8) is 0 Å². The first-order valence-electron chi connectivity index (χ1n) is 15.8. The van der Waals surface area contributed by atoms with E-state index in [0.717, 1.165) is 129 Å². The molecule has 0 aliphatic heterocycles. The summed E-state index contributed by atoms with van der Waals surface area (Å²) in [7, 11) is 0. The third-order valence-corrected chi connectivity index (χ3v) is 11.5. The van der Waals surface area contributed by atoms with Crippen LogP contribution in [0.3, 0.4) is 0 Å². The van der Waals surface area contributed by atoms with Crippen molar-refractivity contribution >= 4 is 129 Å². The number of benzene rings is 13. The van der Waals surface area contributed by atoms with Gasteiger partial charge in [0.2, 0.25) is 0 Å². The topological polar surface area (TPSA) is 121 Å². The van der Waals surface area contributed by atoms with E-state index in [0.29, 0.717) is 0 Å². The van der Waals surface area contributed by atoms with Crippen molar-refractivity contribution in [2.24, 2.45) is 0 Å². The van der Waals surface area contributed by atoms with Gasteiger partial charge in [0, 0.05) is 0 Å². The van der Waals surface area contributed by atoms with E-state index in [-0.39, 0.29) is 34.5 Å². The molecular weight excluding hydrogens is 600 g/mol. The third-order valence-electron chi connectivity index (χ3n) is 11.5. The molecule has 0 saturated heterocycles. The second-order valence-corrected chi connectivity index (χ2v) is 13.7. The predicted molar refractivity (Wildman–Crippen MR) is 194 cm³/mol. The SMILES string of the molecule is Oc1cc2c3cc(O)cc4c5cc(O)cc6c7cc(O)cc8c9cc(O)cc%10c%11cc(O)cc%12c(c1)c2c1c(c34)c(c56)c(c78)c(c%109)c1c%12%11. The van der Waals surface area contributed by atoms with E-state index in [1.165, 1.54) is 0 Å². The summed E-state index contributed by atoms with van der Waals surface area (Å²) in [5, 5.41) is 88.6. The fraction of sp³-hybridized carbons (Fsp3) is 0. The zero-order valence-electron chi connectivity index (χ0n) is 24.6. The standard InChI is InChI=1S/C42H18O6/c43-13-1-19-20-3-14(44)4-23-24-6-16(46)8-27-29-11-18(48)12-30-28-10-17(47)9-26-25-7-15(45)5-22-21(2-13)31(19)37-38(32(20)23)40(34(24)27)42(36(29)30)41(35(26)28)39(37)33(22)25/h1-12,43-48H. The van der Waals surface area contributed by atoms with Crippen LogP contribution in [0.2, 0.25) is 0 Å². The Hall–Kier alpha value is -6.66. The summed E-state index contributed by atoms with van der Waals surface area (Å²) >= 11 is 0. The van der Waals surface area contributed by atoms with Crippen LogP contribution in [0.4, 0.5) is 0 Å². The van der Waals surface area contributed by atoms with Crippen molar-refractivity contribution in [1.29, 1.82) is 0 Å². The lowest BCUT2D eigenvalue weighted by Gasteiger charge is -2.29. The van der Waals surface area contributed by atoms with Gasteiger partial charge in [0.05, 0.1) is 0 Å². The molecule has 0 unspecified atom stereocenters. The molecule has 0 heterocycles. The fourth-order valence-corrected chi connectivity index (χ4v) is 10.2. The van der Waals surface area contributed by atoms with Crippen LogP contribution < -0.4 is 0 Å².